The number of hydrogen-bond acceptors (Lipinski definition) is 4. The molecule has 0 saturated heterocycles. The summed E-state index contributed by atoms with van der Waals surface area (Å²) in [6.45, 7) is 5.88. The van der Waals surface area contributed by atoms with Gasteiger partial charge in [-0.3, -0.25) is 0 Å². The van der Waals surface area contributed by atoms with Gasteiger partial charge in [0.2, 0.25) is 5.95 Å². The second-order valence-corrected chi connectivity index (χ2v) is 4.81. The van der Waals surface area contributed by atoms with Gasteiger partial charge in [-0.15, -0.1) is 0 Å². The largest absolute Gasteiger partial charge is 0.370 e. The van der Waals surface area contributed by atoms with E-state index in [-0.39, 0.29) is 0 Å². The topological polar surface area (TPSA) is 49.8 Å². The first-order valence-corrected chi connectivity index (χ1v) is 7.15. The predicted molar refractivity (Wildman–Crippen MR) is 84.2 cm³/mol. The Morgan fingerprint density at radius 2 is 1.80 bits per heavy atom. The minimum Gasteiger partial charge on any atom is -0.370 e. The third-order valence-corrected chi connectivity index (χ3v) is 2.95. The van der Waals surface area contributed by atoms with Crippen LogP contribution in [0.15, 0.2) is 36.4 Å². The van der Waals surface area contributed by atoms with Crippen molar-refractivity contribution in [3.05, 3.63) is 47.7 Å². The lowest BCUT2D eigenvalue weighted by molar-refractivity contribution is 0.940. The van der Waals surface area contributed by atoms with Gasteiger partial charge in [0.1, 0.15) is 5.82 Å². The maximum atomic E-state index is 4.47. The molecule has 2 aromatic rings. The van der Waals surface area contributed by atoms with Gasteiger partial charge in [0.15, 0.2) is 0 Å². The Kier molecular flexibility index (Phi) is 5.35. The molecule has 0 saturated carbocycles. The van der Waals surface area contributed by atoms with Crippen molar-refractivity contribution in [1.82, 2.24) is 9.97 Å². The number of anilines is 2. The van der Waals surface area contributed by atoms with Gasteiger partial charge < -0.3 is 10.6 Å². The van der Waals surface area contributed by atoms with Gasteiger partial charge >= 0.3 is 0 Å². The van der Waals surface area contributed by atoms with Crippen LogP contribution >= 0.6 is 0 Å². The van der Waals surface area contributed by atoms with E-state index >= 15 is 0 Å². The quantitative estimate of drug-likeness (QED) is 0.811. The summed E-state index contributed by atoms with van der Waals surface area (Å²) in [6.07, 6.45) is 2.05. The molecule has 1 aromatic carbocycles. The summed E-state index contributed by atoms with van der Waals surface area (Å²) < 4.78 is 0. The molecule has 1 heterocycles. The molecule has 0 amide bonds. The van der Waals surface area contributed by atoms with Crippen LogP contribution in [-0.2, 0) is 6.42 Å². The number of aryl methyl sites for hydroxylation is 1. The molecule has 2 rings (SSSR count). The van der Waals surface area contributed by atoms with Crippen molar-refractivity contribution in [3.63, 3.8) is 0 Å². The molecule has 0 unspecified atom stereocenters. The molecule has 20 heavy (non-hydrogen) atoms. The Morgan fingerprint density at radius 3 is 2.55 bits per heavy atom. The van der Waals surface area contributed by atoms with E-state index in [0.717, 1.165) is 37.4 Å². The molecule has 0 aliphatic rings. The fraction of sp³-hybridized carbons (Fsp3) is 0.375. The Hall–Kier alpha value is -2.10. The van der Waals surface area contributed by atoms with Crippen LogP contribution < -0.4 is 10.6 Å². The van der Waals surface area contributed by atoms with Gasteiger partial charge in [-0.25, -0.2) is 4.98 Å². The zero-order chi connectivity index (χ0) is 14.2. The zero-order valence-electron chi connectivity index (χ0n) is 12.2. The molecule has 0 aliphatic heterocycles. The summed E-state index contributed by atoms with van der Waals surface area (Å²) in [6, 6.07) is 12.4. The zero-order valence-corrected chi connectivity index (χ0v) is 12.2. The summed E-state index contributed by atoms with van der Waals surface area (Å²) in [7, 11) is 0. The summed E-state index contributed by atoms with van der Waals surface area (Å²) in [5, 5.41) is 6.58. The lowest BCUT2D eigenvalue weighted by Crippen LogP contribution is -2.10. The summed E-state index contributed by atoms with van der Waals surface area (Å²) in [5.74, 6) is 1.58. The maximum Gasteiger partial charge on any atom is 0.224 e. The minimum absolute atomic E-state index is 0.703. The van der Waals surface area contributed by atoms with E-state index in [1.54, 1.807) is 0 Å². The number of benzene rings is 1. The second-order valence-electron chi connectivity index (χ2n) is 4.81. The number of aromatic nitrogens is 2. The van der Waals surface area contributed by atoms with Gasteiger partial charge in [-0.05, 0) is 25.3 Å². The van der Waals surface area contributed by atoms with E-state index in [4.69, 9.17) is 0 Å². The van der Waals surface area contributed by atoms with Gasteiger partial charge in [0.05, 0.1) is 0 Å². The second kappa shape index (κ2) is 7.48. The highest BCUT2D eigenvalue weighted by Crippen LogP contribution is 2.10. The molecule has 0 spiro atoms. The number of hydrogen-bond donors (Lipinski definition) is 2. The minimum atomic E-state index is 0.703. The van der Waals surface area contributed by atoms with Gasteiger partial charge in [-0.2, -0.15) is 4.98 Å². The molecule has 0 bridgehead atoms. The SMILES string of the molecule is CCCNc1nc(C)cc(NCCc2ccccc2)n1. The van der Waals surface area contributed by atoms with Crippen LogP contribution in [0.25, 0.3) is 0 Å². The van der Waals surface area contributed by atoms with Crippen molar-refractivity contribution in [1.29, 1.82) is 0 Å². The van der Waals surface area contributed by atoms with Crippen LogP contribution in [0.2, 0.25) is 0 Å². The van der Waals surface area contributed by atoms with E-state index in [2.05, 4.69) is 51.8 Å². The Balaban J connectivity index is 1.90. The van der Waals surface area contributed by atoms with Gasteiger partial charge in [0.25, 0.3) is 0 Å². The smallest absolute Gasteiger partial charge is 0.224 e. The molecule has 0 fully saturated rings. The van der Waals surface area contributed by atoms with E-state index < -0.39 is 0 Å². The van der Waals surface area contributed by atoms with Crippen molar-refractivity contribution in [2.45, 2.75) is 26.7 Å². The molecule has 0 aliphatic carbocycles. The molecule has 4 heteroatoms. The molecule has 2 N–H and O–H groups in total. The fourth-order valence-corrected chi connectivity index (χ4v) is 1.95. The highest BCUT2D eigenvalue weighted by Gasteiger charge is 2.01. The standard InChI is InChI=1S/C16H22N4/c1-3-10-18-16-19-13(2)12-15(20-16)17-11-9-14-7-5-4-6-8-14/h4-8,12H,3,9-11H2,1-2H3,(H2,17,18,19,20). The van der Waals surface area contributed by atoms with Crippen molar-refractivity contribution in [3.8, 4) is 0 Å². The average molecular weight is 270 g/mol. The van der Waals surface area contributed by atoms with E-state index in [9.17, 15) is 0 Å². The normalized spacial score (nSPS) is 10.3. The van der Waals surface area contributed by atoms with Crippen LogP contribution in [0.1, 0.15) is 24.6 Å². The Labute approximate surface area is 120 Å². The lowest BCUT2D eigenvalue weighted by Gasteiger charge is -2.09. The number of nitrogens with zero attached hydrogens (tertiary/aromatic N) is 2. The molecule has 4 nitrogen and oxygen atoms in total. The van der Waals surface area contributed by atoms with E-state index in [1.165, 1.54) is 5.56 Å². The third-order valence-electron chi connectivity index (χ3n) is 2.95. The van der Waals surface area contributed by atoms with Crippen molar-refractivity contribution in [2.75, 3.05) is 23.7 Å². The van der Waals surface area contributed by atoms with Crippen LogP contribution in [0.3, 0.4) is 0 Å². The maximum absolute atomic E-state index is 4.47. The average Bonchev–Trinajstić information content (AvgIpc) is 2.46. The first-order chi connectivity index (χ1) is 9.78. The van der Waals surface area contributed by atoms with Crippen molar-refractivity contribution < 1.29 is 0 Å². The van der Waals surface area contributed by atoms with Crippen LogP contribution in [0.4, 0.5) is 11.8 Å². The first kappa shape index (κ1) is 14.3. The fourth-order valence-electron chi connectivity index (χ4n) is 1.95. The number of nitrogens with one attached hydrogen (secondary N) is 2. The monoisotopic (exact) mass is 270 g/mol. The number of rotatable bonds is 7. The van der Waals surface area contributed by atoms with Crippen molar-refractivity contribution >= 4 is 11.8 Å². The summed E-state index contributed by atoms with van der Waals surface area (Å²) >= 11 is 0. The van der Waals surface area contributed by atoms with Gasteiger partial charge in [-0.1, -0.05) is 37.3 Å². The lowest BCUT2D eigenvalue weighted by atomic mass is 10.1. The first-order valence-electron chi connectivity index (χ1n) is 7.15. The molecule has 0 atom stereocenters. The van der Waals surface area contributed by atoms with E-state index in [1.807, 2.05) is 19.1 Å². The third kappa shape index (κ3) is 4.53. The van der Waals surface area contributed by atoms with E-state index in [0.29, 0.717) is 5.95 Å². The Bertz CT molecular complexity index is 525. The molecular formula is C16H22N4. The molecule has 1 aromatic heterocycles. The van der Waals surface area contributed by atoms with Crippen LogP contribution in [-0.4, -0.2) is 23.1 Å². The highest BCUT2D eigenvalue weighted by atomic mass is 15.1. The van der Waals surface area contributed by atoms with Gasteiger partial charge in [0, 0.05) is 24.8 Å². The van der Waals surface area contributed by atoms with Crippen LogP contribution in [0, 0.1) is 6.92 Å². The van der Waals surface area contributed by atoms with Crippen LogP contribution in [0.5, 0.6) is 0 Å². The molecule has 106 valence electrons. The molecular weight excluding hydrogens is 248 g/mol. The van der Waals surface area contributed by atoms with Crippen molar-refractivity contribution in [2.24, 2.45) is 0 Å². The predicted octanol–water partition coefficient (Wildman–Crippen LogP) is 3.26. The summed E-state index contributed by atoms with van der Waals surface area (Å²) in [4.78, 5) is 8.84. The highest BCUT2D eigenvalue weighted by molar-refractivity contribution is 5.42. The Morgan fingerprint density at radius 1 is 1.00 bits per heavy atom. The summed E-state index contributed by atoms with van der Waals surface area (Å²) in [5.41, 5.74) is 2.30. The molecule has 0 radical (unpaired) electrons.